The highest BCUT2D eigenvalue weighted by Gasteiger charge is 2.25. The molecule has 1 amide bonds. The van der Waals surface area contributed by atoms with Gasteiger partial charge in [0.15, 0.2) is 21.3 Å². The Kier molecular flexibility index (Phi) is 7.35. The molecule has 2 rings (SSSR count). The van der Waals surface area contributed by atoms with Crippen molar-refractivity contribution in [2.45, 2.75) is 12.7 Å². The molecule has 0 spiro atoms. The van der Waals surface area contributed by atoms with Gasteiger partial charge >= 0.3 is 0 Å². The summed E-state index contributed by atoms with van der Waals surface area (Å²) in [5, 5.41) is 0.556. The highest BCUT2D eigenvalue weighted by Crippen LogP contribution is 2.30. The van der Waals surface area contributed by atoms with Crippen LogP contribution in [0, 0.1) is 0 Å². The van der Waals surface area contributed by atoms with E-state index in [0.29, 0.717) is 34.3 Å². The van der Waals surface area contributed by atoms with Crippen molar-refractivity contribution in [3.05, 3.63) is 62.5 Å². The van der Waals surface area contributed by atoms with Gasteiger partial charge in [-0.15, -0.1) is 0 Å². The first-order valence-electron chi connectivity index (χ1n) is 8.17. The molecule has 0 unspecified atom stereocenters. The summed E-state index contributed by atoms with van der Waals surface area (Å²) >= 11 is 11.9. The van der Waals surface area contributed by atoms with Crippen molar-refractivity contribution in [1.29, 1.82) is 0 Å². The molecule has 28 heavy (non-hydrogen) atoms. The molecule has 150 valence electrons. The lowest BCUT2D eigenvalue weighted by Gasteiger charge is -2.11. The number of rotatable bonds is 8. The molecule has 0 heterocycles. The zero-order chi connectivity index (χ0) is 20.9. The average molecular weight is 444 g/mol. The Bertz CT molecular complexity index is 1020. The third-order valence-electron chi connectivity index (χ3n) is 3.72. The molecule has 2 aromatic carbocycles. The van der Waals surface area contributed by atoms with Crippen molar-refractivity contribution in [3.8, 4) is 11.5 Å². The van der Waals surface area contributed by atoms with Crippen LogP contribution in [0.4, 0.5) is 0 Å². The number of carbonyl (C=O) groups is 1. The molecule has 9 heteroatoms. The zero-order valence-electron chi connectivity index (χ0n) is 15.2. The summed E-state index contributed by atoms with van der Waals surface area (Å²) in [5.41, 5.74) is 6.06. The van der Waals surface area contributed by atoms with E-state index in [2.05, 4.69) is 0 Å². The molecule has 0 saturated carbocycles. The number of hydrogen-bond acceptors (Lipinski definition) is 5. The van der Waals surface area contributed by atoms with Crippen molar-refractivity contribution >= 4 is 45.0 Å². The summed E-state index contributed by atoms with van der Waals surface area (Å²) in [6.45, 7) is 2.27. The molecular formula is C19H19Cl2NO5S. The van der Waals surface area contributed by atoms with Crippen molar-refractivity contribution < 1.29 is 22.7 Å². The Morgan fingerprint density at radius 3 is 2.43 bits per heavy atom. The van der Waals surface area contributed by atoms with Gasteiger partial charge in [0.25, 0.3) is 5.91 Å². The monoisotopic (exact) mass is 443 g/mol. The van der Waals surface area contributed by atoms with Crippen LogP contribution >= 0.6 is 23.2 Å². The summed E-state index contributed by atoms with van der Waals surface area (Å²) in [6.07, 6.45) is 1.19. The molecule has 2 aromatic rings. The molecule has 0 atom stereocenters. The third kappa shape index (κ3) is 5.41. The van der Waals surface area contributed by atoms with Crippen LogP contribution in [0.3, 0.4) is 0 Å². The molecule has 0 bridgehead atoms. The fourth-order valence-corrected chi connectivity index (χ4v) is 4.43. The number of ether oxygens (including phenoxy) is 2. The van der Waals surface area contributed by atoms with Crippen molar-refractivity contribution in [3.63, 3.8) is 0 Å². The molecule has 0 aliphatic heterocycles. The van der Waals surface area contributed by atoms with Crippen LogP contribution in [-0.2, 0) is 20.4 Å². The van der Waals surface area contributed by atoms with Crippen molar-refractivity contribution in [1.82, 2.24) is 0 Å². The van der Waals surface area contributed by atoms with E-state index in [9.17, 15) is 13.2 Å². The number of primary amides is 1. The first-order chi connectivity index (χ1) is 13.2. The van der Waals surface area contributed by atoms with Gasteiger partial charge in [-0.25, -0.2) is 8.42 Å². The van der Waals surface area contributed by atoms with Gasteiger partial charge < -0.3 is 15.2 Å². The van der Waals surface area contributed by atoms with Crippen LogP contribution in [0.15, 0.2) is 41.3 Å². The molecule has 0 aliphatic rings. The molecule has 0 fully saturated rings. The van der Waals surface area contributed by atoms with Gasteiger partial charge in [-0.05, 0) is 48.4 Å². The summed E-state index contributed by atoms with van der Waals surface area (Å²) in [7, 11) is -2.60. The number of nitrogens with two attached hydrogens (primary N) is 1. The summed E-state index contributed by atoms with van der Waals surface area (Å²) in [4.78, 5) is 11.3. The molecular weight excluding hydrogens is 425 g/mol. The summed E-state index contributed by atoms with van der Waals surface area (Å²) in [6, 6.07) is 9.21. The maximum absolute atomic E-state index is 12.8. The third-order valence-corrected chi connectivity index (χ3v) is 5.99. The smallest absolute Gasteiger partial charge is 0.260 e. The fourth-order valence-electron chi connectivity index (χ4n) is 2.44. The number of methoxy groups -OCH3 is 1. The van der Waals surface area contributed by atoms with Crippen molar-refractivity contribution in [2.75, 3.05) is 13.7 Å². The van der Waals surface area contributed by atoms with Crippen LogP contribution in [0.1, 0.15) is 18.1 Å². The Balaban J connectivity index is 2.44. The Labute approximate surface area is 173 Å². The fraction of sp³-hybridized carbons (Fsp3) is 0.211. The SMILES string of the molecule is CCOc1ccc(/C=C(/C(N)=O)S(=O)(=O)Cc2ccc(Cl)cc2Cl)cc1OC. The van der Waals surface area contributed by atoms with Crippen molar-refractivity contribution in [2.24, 2.45) is 5.73 Å². The van der Waals surface area contributed by atoms with Crippen LogP contribution in [0.2, 0.25) is 10.0 Å². The topological polar surface area (TPSA) is 95.7 Å². The number of halogens is 2. The maximum Gasteiger partial charge on any atom is 0.260 e. The minimum Gasteiger partial charge on any atom is -0.493 e. The average Bonchev–Trinajstić information content (AvgIpc) is 2.62. The minimum absolute atomic E-state index is 0.183. The molecule has 0 aromatic heterocycles. The van der Waals surface area contributed by atoms with E-state index in [1.54, 1.807) is 18.2 Å². The number of carbonyl (C=O) groups excluding carboxylic acids is 1. The molecule has 0 radical (unpaired) electrons. The van der Waals surface area contributed by atoms with Gasteiger partial charge in [0, 0.05) is 10.0 Å². The van der Waals surface area contributed by atoms with Gasteiger partial charge in [-0.3, -0.25) is 4.79 Å². The van der Waals surface area contributed by atoms with Gasteiger partial charge in [0.05, 0.1) is 19.5 Å². The Morgan fingerprint density at radius 1 is 1.14 bits per heavy atom. The van der Waals surface area contributed by atoms with E-state index >= 15 is 0 Å². The second-order valence-electron chi connectivity index (χ2n) is 5.71. The van der Waals surface area contributed by atoms with Gasteiger partial charge in [0.2, 0.25) is 0 Å². The standard InChI is InChI=1S/C19H19Cl2NO5S/c1-3-27-16-7-4-12(8-17(16)26-2)9-18(19(22)23)28(24,25)11-13-5-6-14(20)10-15(13)21/h4-10H,3,11H2,1-2H3,(H2,22,23)/b18-9-. The zero-order valence-corrected chi connectivity index (χ0v) is 17.6. The first kappa shape index (κ1) is 22.1. The second kappa shape index (κ2) is 9.32. The van der Waals surface area contributed by atoms with E-state index < -0.39 is 26.4 Å². The van der Waals surface area contributed by atoms with E-state index in [-0.39, 0.29) is 5.02 Å². The van der Waals surface area contributed by atoms with Crippen LogP contribution in [0.25, 0.3) is 6.08 Å². The van der Waals surface area contributed by atoms with Crippen LogP contribution < -0.4 is 15.2 Å². The Hall–Kier alpha value is -2.22. The predicted octanol–water partition coefficient (Wildman–Crippen LogP) is 3.84. The molecule has 0 aliphatic carbocycles. The minimum atomic E-state index is -4.06. The summed E-state index contributed by atoms with van der Waals surface area (Å²) in [5.74, 6) is -0.666. The van der Waals surface area contributed by atoms with Gasteiger partial charge in [-0.2, -0.15) is 0 Å². The largest absolute Gasteiger partial charge is 0.493 e. The number of sulfone groups is 1. The van der Waals surface area contributed by atoms with E-state index in [0.717, 1.165) is 0 Å². The Morgan fingerprint density at radius 2 is 1.86 bits per heavy atom. The van der Waals surface area contributed by atoms with E-state index in [1.807, 2.05) is 6.92 Å². The normalized spacial score (nSPS) is 11.9. The predicted molar refractivity (Wildman–Crippen MR) is 110 cm³/mol. The lowest BCUT2D eigenvalue weighted by atomic mass is 10.2. The highest BCUT2D eigenvalue weighted by atomic mass is 35.5. The van der Waals surface area contributed by atoms with E-state index in [1.165, 1.54) is 31.4 Å². The molecule has 2 N–H and O–H groups in total. The van der Waals surface area contributed by atoms with Gasteiger partial charge in [-0.1, -0.05) is 35.3 Å². The highest BCUT2D eigenvalue weighted by molar-refractivity contribution is 7.95. The molecule has 6 nitrogen and oxygen atoms in total. The van der Waals surface area contributed by atoms with Gasteiger partial charge in [0.1, 0.15) is 4.91 Å². The number of hydrogen-bond donors (Lipinski definition) is 1. The number of amides is 1. The summed E-state index contributed by atoms with van der Waals surface area (Å²) < 4.78 is 36.2. The first-order valence-corrected chi connectivity index (χ1v) is 10.6. The number of benzene rings is 2. The lowest BCUT2D eigenvalue weighted by molar-refractivity contribution is -0.113. The maximum atomic E-state index is 12.8. The lowest BCUT2D eigenvalue weighted by Crippen LogP contribution is -2.22. The quantitative estimate of drug-likeness (QED) is 0.625. The van der Waals surface area contributed by atoms with E-state index in [4.69, 9.17) is 38.4 Å². The second-order valence-corrected chi connectivity index (χ2v) is 8.51. The van der Waals surface area contributed by atoms with Crippen LogP contribution in [-0.4, -0.2) is 28.0 Å². The molecule has 0 saturated heterocycles. The van der Waals surface area contributed by atoms with Crippen LogP contribution in [0.5, 0.6) is 11.5 Å².